The topological polar surface area (TPSA) is 336 Å². The van der Waals surface area contributed by atoms with Gasteiger partial charge in [-0.05, 0) is 135 Å². The molecule has 0 amide bonds. The molecule has 4 aromatic carbocycles. The van der Waals surface area contributed by atoms with Crippen molar-refractivity contribution in [2.45, 2.75) is 113 Å². The number of hydrogen-bond donors (Lipinski definition) is 0. The third-order valence-corrected chi connectivity index (χ3v) is 10.9. The number of hydrogen-bond acceptors (Lipinski definition) is 25. The van der Waals surface area contributed by atoms with Crippen molar-refractivity contribution >= 4 is 92.1 Å². The summed E-state index contributed by atoms with van der Waals surface area (Å²) in [6.07, 6.45) is 6.39. The Balaban J connectivity index is 0.000000530. The van der Waals surface area contributed by atoms with Crippen LogP contribution in [0.1, 0.15) is 149 Å². The molecule has 27 heteroatoms. The van der Waals surface area contributed by atoms with Gasteiger partial charge in [0.1, 0.15) is 10.6 Å². The molecule has 468 valence electrons. The van der Waals surface area contributed by atoms with Gasteiger partial charge in [0.2, 0.25) is 11.7 Å². The number of ether oxygens (including phenoxy) is 2. The monoisotopic (exact) mass is 1240 g/mol. The van der Waals surface area contributed by atoms with E-state index in [-0.39, 0.29) is 28.8 Å². The number of benzene rings is 4. The number of aryl methyl sites for hydroxylation is 1. The van der Waals surface area contributed by atoms with Crippen molar-refractivity contribution in [1.82, 2.24) is 0 Å². The van der Waals surface area contributed by atoms with Crippen LogP contribution >= 0.6 is 0 Å². The summed E-state index contributed by atoms with van der Waals surface area (Å²) in [5.74, 6) is -5.30. The Bertz CT molecular complexity index is 3380. The highest BCUT2D eigenvalue weighted by Crippen LogP contribution is 2.16. The van der Waals surface area contributed by atoms with Crippen molar-refractivity contribution in [3.63, 3.8) is 0 Å². The first-order valence-corrected chi connectivity index (χ1v) is 28.0. The molecule has 0 radical (unpaired) electrons. The lowest BCUT2D eigenvalue weighted by atomic mass is 9.99. The molecule has 1 saturated carbocycles. The highest BCUT2D eigenvalue weighted by atomic mass is 32.2. The minimum absolute atomic E-state index is 0.0464. The van der Waals surface area contributed by atoms with Crippen LogP contribution in [0.3, 0.4) is 0 Å². The van der Waals surface area contributed by atoms with Crippen molar-refractivity contribution in [3.8, 4) is 0 Å². The number of carbonyl (C=O) groups is 8. The van der Waals surface area contributed by atoms with E-state index in [0.717, 1.165) is 43.9 Å². The molecular weight excluding hydrogens is 1170 g/mol. The summed E-state index contributed by atoms with van der Waals surface area (Å²) in [6, 6.07) is 35.2. The third-order valence-electron chi connectivity index (χ3n) is 9.80. The first kappa shape index (κ1) is 75.4. The molecule has 5 aromatic rings. The van der Waals surface area contributed by atoms with Crippen LogP contribution in [0.25, 0.3) is 4.85 Å². The van der Waals surface area contributed by atoms with Crippen LogP contribution in [-0.2, 0) is 67.2 Å². The summed E-state index contributed by atoms with van der Waals surface area (Å²) >= 11 is 0. The second-order valence-electron chi connectivity index (χ2n) is 17.7. The van der Waals surface area contributed by atoms with E-state index in [1.54, 1.807) is 139 Å². The van der Waals surface area contributed by atoms with Crippen molar-refractivity contribution in [2.24, 2.45) is 30.9 Å². The molecule has 0 saturated heterocycles. The van der Waals surface area contributed by atoms with Crippen LogP contribution in [-0.4, -0.2) is 104 Å². The predicted octanol–water partition coefficient (Wildman–Crippen LogP) is 11.0. The SMILES string of the molecule is CC(=O)/C(C)=N\OC(=O)c1ccco1.CC(C)=NOC(=O)c1ccccc1.CC(C)=NOS(=O)(=O)c1ccc(C)cc1.CCO/C(C)=N\OC(=O)c1ccccc1.O=C(ON=C1CCCCC1)C(=O)c1ccccc1.[C-]#[N+]/C(=N/OC(C)=O)C(=O)OCC. The summed E-state index contributed by atoms with van der Waals surface area (Å²) in [4.78, 5) is 114. The third kappa shape index (κ3) is 33.6. The zero-order valence-corrected chi connectivity index (χ0v) is 51.3. The molecule has 26 nitrogen and oxygen atoms in total. The first-order chi connectivity index (χ1) is 41.8. The number of furan rings is 1. The van der Waals surface area contributed by atoms with Crippen LogP contribution in [0.4, 0.5) is 0 Å². The Morgan fingerprint density at radius 3 is 1.49 bits per heavy atom. The Kier molecular flexibility index (Phi) is 36.9. The predicted molar refractivity (Wildman–Crippen MR) is 323 cm³/mol. The van der Waals surface area contributed by atoms with Gasteiger partial charge in [-0.1, -0.05) is 118 Å². The second-order valence-corrected chi connectivity index (χ2v) is 19.2. The molecule has 0 atom stereocenters. The highest BCUT2D eigenvalue weighted by molar-refractivity contribution is 7.86. The molecule has 0 unspecified atom stereocenters. The Hall–Kier alpha value is -10.6. The molecule has 0 N–H and O–H groups in total. The van der Waals surface area contributed by atoms with E-state index in [1.807, 2.05) is 26.0 Å². The zero-order valence-electron chi connectivity index (χ0n) is 50.4. The lowest BCUT2D eigenvalue weighted by Gasteiger charge is -2.10. The fourth-order valence-corrected chi connectivity index (χ4v) is 6.33. The van der Waals surface area contributed by atoms with E-state index in [2.05, 4.69) is 64.2 Å². The summed E-state index contributed by atoms with van der Waals surface area (Å²) in [7, 11) is -3.76. The van der Waals surface area contributed by atoms with Gasteiger partial charge in [-0.15, -0.1) is 0 Å². The zero-order chi connectivity index (χ0) is 65.9. The van der Waals surface area contributed by atoms with Crippen molar-refractivity contribution in [1.29, 1.82) is 0 Å². The standard InChI is InChI=1S/C14H15NO3.C11H13NO3.C10H13NO3S.C10H11NO2.C9H9NO4.C7H8N2O4/c16-13(11-7-3-1-4-8-11)14(17)18-15-12-9-5-2-6-10-12;1-3-14-9(2)12-15-11(13)10-7-5-4-6-8-10;1-8(2)11-14-15(12,13)10-6-4-9(3)5-7-10;1-8(2)11-13-10(12)9-6-4-3-5-7-9;1-6(7(2)11)10-14-9(12)8-4-3-5-13-8;1-4-12-7(11)6(8-3)9-13-5(2)10/h1,3-4,7-8H,2,5-6,9-10H2;4-8H,3H2,1-2H3;4-7H,1-3H3;3-7H,1-2H3;3-5H,1-2H3;4H2,1-2H3/b;12-9-;;;10-6-;9-6+. The van der Waals surface area contributed by atoms with Gasteiger partial charge >= 0.3 is 51.8 Å². The minimum Gasteiger partial charge on any atom is -0.479 e. The number of esters is 1. The summed E-state index contributed by atoms with van der Waals surface area (Å²) in [5, 5.41) is 20.6. The molecule has 1 aromatic heterocycles. The minimum atomic E-state index is -3.76. The maximum Gasteiger partial charge on any atom is 0.405 e. The Morgan fingerprint density at radius 2 is 1.03 bits per heavy atom. The van der Waals surface area contributed by atoms with Gasteiger partial charge in [0.05, 0.1) is 52.9 Å². The smallest absolute Gasteiger partial charge is 0.405 e. The Labute approximate surface area is 509 Å². The first-order valence-electron chi connectivity index (χ1n) is 26.5. The van der Waals surface area contributed by atoms with E-state index in [0.29, 0.717) is 40.6 Å². The maximum absolute atomic E-state index is 11.7. The van der Waals surface area contributed by atoms with Gasteiger partial charge in [0.25, 0.3) is 5.78 Å². The molecule has 1 aliphatic rings. The fraction of sp³-hybridized carbons (Fsp3) is 0.295. The van der Waals surface area contributed by atoms with Gasteiger partial charge in [-0.3, -0.25) is 18.7 Å². The molecule has 88 heavy (non-hydrogen) atoms. The second kappa shape index (κ2) is 43.1. The lowest BCUT2D eigenvalue weighted by Crippen LogP contribution is -2.16. The van der Waals surface area contributed by atoms with Crippen molar-refractivity contribution < 1.29 is 89.1 Å². The fourth-order valence-electron chi connectivity index (χ4n) is 5.53. The number of carbonyl (C=O) groups excluding carboxylic acids is 8. The van der Waals surface area contributed by atoms with Gasteiger partial charge in [0, 0.05) is 26.3 Å². The van der Waals surface area contributed by atoms with Crippen LogP contribution in [0, 0.1) is 13.5 Å². The van der Waals surface area contributed by atoms with E-state index < -0.39 is 57.6 Å². The van der Waals surface area contributed by atoms with Gasteiger partial charge in [0.15, 0.2) is 5.78 Å². The molecular formula is C61H69N7O19S. The number of oxime groups is 6. The van der Waals surface area contributed by atoms with E-state index in [4.69, 9.17) is 20.6 Å². The van der Waals surface area contributed by atoms with Gasteiger partial charge in [-0.2, -0.15) is 8.42 Å². The van der Waals surface area contributed by atoms with Gasteiger partial charge in [-0.25, -0.2) is 28.8 Å². The molecule has 1 heterocycles. The average molecular weight is 1240 g/mol. The molecule has 6 rings (SSSR count). The molecule has 1 aliphatic carbocycles. The quantitative estimate of drug-likeness (QED) is 0.0129. The van der Waals surface area contributed by atoms with E-state index in [9.17, 15) is 46.8 Å². The van der Waals surface area contributed by atoms with E-state index in [1.165, 1.54) is 44.7 Å². The van der Waals surface area contributed by atoms with Crippen molar-refractivity contribution in [3.05, 3.63) is 173 Å². The molecule has 0 aliphatic heterocycles. The number of nitrogens with zero attached hydrogens (tertiary/aromatic N) is 7. The van der Waals surface area contributed by atoms with E-state index >= 15 is 0 Å². The van der Waals surface area contributed by atoms with Gasteiger partial charge < -0.3 is 38.1 Å². The van der Waals surface area contributed by atoms with Crippen LogP contribution < -0.4 is 0 Å². The number of ketones is 2. The van der Waals surface area contributed by atoms with Crippen molar-refractivity contribution in [2.75, 3.05) is 13.2 Å². The summed E-state index contributed by atoms with van der Waals surface area (Å²) in [5.41, 5.74) is 4.55. The average Bonchev–Trinajstić information content (AvgIpc) is 4.21. The van der Waals surface area contributed by atoms with Crippen LogP contribution in [0.5, 0.6) is 0 Å². The molecule has 0 spiro atoms. The number of amidine groups is 1. The number of Topliss-reactive ketones (excluding diaryl/α,β-unsaturated/α-hetero) is 2. The Morgan fingerprint density at radius 1 is 0.534 bits per heavy atom. The molecule has 0 bridgehead atoms. The largest absolute Gasteiger partial charge is 0.479 e. The molecule has 1 fully saturated rings. The van der Waals surface area contributed by atoms with Crippen LogP contribution in [0.2, 0.25) is 0 Å². The highest BCUT2D eigenvalue weighted by Gasteiger charge is 2.20. The summed E-state index contributed by atoms with van der Waals surface area (Å²) in [6.45, 7) is 24.8. The summed E-state index contributed by atoms with van der Waals surface area (Å²) < 4.78 is 41.7. The normalized spacial score (nSPS) is 11.4. The van der Waals surface area contributed by atoms with Crippen LogP contribution in [0.15, 0.2) is 174 Å². The lowest BCUT2D eigenvalue weighted by molar-refractivity contribution is -0.141. The maximum atomic E-state index is 11.7. The number of rotatable bonds is 16.